The lowest BCUT2D eigenvalue weighted by atomic mass is 9.91. The highest BCUT2D eigenvalue weighted by Gasteiger charge is 2.42. The molecule has 2 aromatic heterocycles. The summed E-state index contributed by atoms with van der Waals surface area (Å²) >= 11 is 0. The van der Waals surface area contributed by atoms with E-state index in [1.807, 2.05) is 39.8 Å². The number of hydrogen-bond acceptors (Lipinski definition) is 7. The van der Waals surface area contributed by atoms with Crippen LogP contribution in [0.4, 0.5) is 5.82 Å². The first-order valence-electron chi connectivity index (χ1n) is 10.4. The Hall–Kier alpha value is -3.00. The molecule has 0 spiro atoms. The zero-order valence-corrected chi connectivity index (χ0v) is 17.0. The monoisotopic (exact) mass is 407 g/mol. The van der Waals surface area contributed by atoms with Gasteiger partial charge in [-0.2, -0.15) is 4.98 Å². The minimum atomic E-state index is -0.636. The zero-order chi connectivity index (χ0) is 20.6. The third-order valence-electron chi connectivity index (χ3n) is 6.11. The van der Waals surface area contributed by atoms with Gasteiger partial charge < -0.3 is 18.7 Å². The zero-order valence-electron chi connectivity index (χ0n) is 17.0. The summed E-state index contributed by atoms with van der Waals surface area (Å²) in [6.45, 7) is 1.28. The van der Waals surface area contributed by atoms with E-state index < -0.39 is 5.60 Å². The minimum Gasteiger partial charge on any atom is -0.368 e. The van der Waals surface area contributed by atoms with Gasteiger partial charge in [-0.05, 0) is 18.4 Å². The van der Waals surface area contributed by atoms with Gasteiger partial charge in [-0.1, -0.05) is 35.5 Å². The highest BCUT2D eigenvalue weighted by atomic mass is 16.5. The number of hydrogen-bond donors (Lipinski definition) is 0. The standard InChI is InChI=1S/C22H25N5O3/c1-29-22(21-24-18(25-30-21)15-16-5-3-2-4-6-16)9-12-26(13-10-22)19-20(28)27(14-11-23-19)17-7-8-17/h2-6,11,14,17H,7-10,12-13,15H2,1H3. The molecule has 1 aliphatic carbocycles. The first-order valence-corrected chi connectivity index (χ1v) is 10.4. The normalized spacial score (nSPS) is 18.5. The molecule has 3 heterocycles. The van der Waals surface area contributed by atoms with Crippen LogP contribution < -0.4 is 10.5 Å². The van der Waals surface area contributed by atoms with E-state index in [1.54, 1.807) is 19.5 Å². The van der Waals surface area contributed by atoms with Crippen LogP contribution in [0.3, 0.4) is 0 Å². The molecule has 30 heavy (non-hydrogen) atoms. The van der Waals surface area contributed by atoms with Crippen molar-refractivity contribution in [2.45, 2.75) is 43.7 Å². The van der Waals surface area contributed by atoms with Crippen LogP contribution in [0.5, 0.6) is 0 Å². The molecule has 0 unspecified atom stereocenters. The van der Waals surface area contributed by atoms with Gasteiger partial charge in [0.1, 0.15) is 5.60 Å². The molecule has 1 aromatic carbocycles. The number of aromatic nitrogens is 4. The van der Waals surface area contributed by atoms with Gasteiger partial charge in [-0.25, -0.2) is 4.98 Å². The van der Waals surface area contributed by atoms with Crippen LogP contribution in [0.15, 0.2) is 52.0 Å². The van der Waals surface area contributed by atoms with Crippen molar-refractivity contribution in [3.63, 3.8) is 0 Å². The minimum absolute atomic E-state index is 0.00662. The second-order valence-electron chi connectivity index (χ2n) is 8.06. The topological polar surface area (TPSA) is 86.3 Å². The number of nitrogens with zero attached hydrogens (tertiary/aromatic N) is 5. The maximum atomic E-state index is 12.8. The molecule has 0 radical (unpaired) electrons. The fourth-order valence-corrected chi connectivity index (χ4v) is 4.15. The smallest absolute Gasteiger partial charge is 0.293 e. The summed E-state index contributed by atoms with van der Waals surface area (Å²) in [5.74, 6) is 1.67. The molecule has 8 heteroatoms. The van der Waals surface area contributed by atoms with Gasteiger partial charge in [0.15, 0.2) is 11.6 Å². The van der Waals surface area contributed by atoms with Crippen molar-refractivity contribution in [3.05, 3.63) is 70.4 Å². The molecule has 3 aromatic rings. The molecule has 0 N–H and O–H groups in total. The summed E-state index contributed by atoms with van der Waals surface area (Å²) in [4.78, 5) is 23.9. The summed E-state index contributed by atoms with van der Waals surface area (Å²) in [5.41, 5.74) is 0.490. The van der Waals surface area contributed by atoms with Gasteiger partial charge >= 0.3 is 0 Å². The lowest BCUT2D eigenvalue weighted by molar-refractivity contribution is -0.0583. The Bertz CT molecular complexity index is 1070. The van der Waals surface area contributed by atoms with Crippen molar-refractivity contribution in [2.24, 2.45) is 0 Å². The van der Waals surface area contributed by atoms with Crippen molar-refractivity contribution >= 4 is 5.82 Å². The van der Waals surface area contributed by atoms with E-state index in [-0.39, 0.29) is 5.56 Å². The van der Waals surface area contributed by atoms with E-state index >= 15 is 0 Å². The second kappa shape index (κ2) is 7.68. The molecule has 8 nitrogen and oxygen atoms in total. The van der Waals surface area contributed by atoms with Gasteiger partial charge in [0, 0.05) is 57.9 Å². The van der Waals surface area contributed by atoms with Gasteiger partial charge in [0.25, 0.3) is 11.4 Å². The van der Waals surface area contributed by atoms with Gasteiger partial charge in [-0.3, -0.25) is 4.79 Å². The van der Waals surface area contributed by atoms with E-state index in [9.17, 15) is 4.79 Å². The summed E-state index contributed by atoms with van der Waals surface area (Å²) in [5, 5.41) is 4.16. The van der Waals surface area contributed by atoms with Crippen molar-refractivity contribution in [1.82, 2.24) is 19.7 Å². The van der Waals surface area contributed by atoms with Crippen molar-refractivity contribution in [3.8, 4) is 0 Å². The number of benzene rings is 1. The maximum Gasteiger partial charge on any atom is 0.293 e. The molecule has 1 saturated heterocycles. The van der Waals surface area contributed by atoms with E-state index in [0.717, 1.165) is 18.4 Å². The van der Waals surface area contributed by atoms with E-state index in [2.05, 4.69) is 15.1 Å². The quantitative estimate of drug-likeness (QED) is 0.621. The lowest BCUT2D eigenvalue weighted by Gasteiger charge is -2.38. The molecule has 1 aliphatic heterocycles. The summed E-state index contributed by atoms with van der Waals surface area (Å²) in [6.07, 6.45) is 7.56. The largest absolute Gasteiger partial charge is 0.368 e. The maximum absolute atomic E-state index is 12.8. The Morgan fingerprint density at radius 2 is 1.97 bits per heavy atom. The molecule has 2 fully saturated rings. The van der Waals surface area contributed by atoms with Crippen LogP contribution in [0, 0.1) is 0 Å². The molecular weight excluding hydrogens is 382 g/mol. The SMILES string of the molecule is COC1(c2nc(Cc3ccccc3)no2)CCN(c2nccn(C3CC3)c2=O)CC1. The first kappa shape index (κ1) is 19.0. The number of ether oxygens (including phenoxy) is 1. The van der Waals surface area contributed by atoms with Gasteiger partial charge in [0.05, 0.1) is 0 Å². The third kappa shape index (κ3) is 3.52. The molecule has 5 rings (SSSR count). The summed E-state index contributed by atoms with van der Waals surface area (Å²) in [6, 6.07) is 10.4. The molecule has 2 aliphatic rings. The molecule has 0 atom stereocenters. The average Bonchev–Trinajstić information content (AvgIpc) is 3.53. The summed E-state index contributed by atoms with van der Waals surface area (Å²) < 4.78 is 13.3. The van der Waals surface area contributed by atoms with E-state index in [0.29, 0.717) is 55.9 Å². The lowest BCUT2D eigenvalue weighted by Crippen LogP contribution is -2.46. The molecule has 1 saturated carbocycles. The van der Waals surface area contributed by atoms with Crippen LogP contribution in [-0.4, -0.2) is 39.9 Å². The number of anilines is 1. The molecule has 0 bridgehead atoms. The van der Waals surface area contributed by atoms with Crippen LogP contribution >= 0.6 is 0 Å². The fourth-order valence-electron chi connectivity index (χ4n) is 4.15. The fraction of sp³-hybridized carbons (Fsp3) is 0.455. The molecule has 0 amide bonds. The highest BCUT2D eigenvalue weighted by Crippen LogP contribution is 2.37. The Morgan fingerprint density at radius 1 is 1.20 bits per heavy atom. The van der Waals surface area contributed by atoms with Crippen molar-refractivity contribution < 1.29 is 9.26 Å². The van der Waals surface area contributed by atoms with E-state index in [4.69, 9.17) is 9.26 Å². The van der Waals surface area contributed by atoms with Crippen LogP contribution in [0.2, 0.25) is 0 Å². The Kier molecular flexibility index (Phi) is 4.86. The first-order chi connectivity index (χ1) is 14.7. The second-order valence-corrected chi connectivity index (χ2v) is 8.06. The average molecular weight is 407 g/mol. The van der Waals surface area contributed by atoms with Crippen LogP contribution in [0.1, 0.15) is 49.0 Å². The summed E-state index contributed by atoms with van der Waals surface area (Å²) in [7, 11) is 1.68. The van der Waals surface area contributed by atoms with Crippen LogP contribution in [-0.2, 0) is 16.8 Å². The predicted molar refractivity (Wildman–Crippen MR) is 110 cm³/mol. The number of rotatable bonds is 6. The highest BCUT2D eigenvalue weighted by molar-refractivity contribution is 5.37. The van der Waals surface area contributed by atoms with Gasteiger partial charge in [-0.15, -0.1) is 0 Å². The number of methoxy groups -OCH3 is 1. The Labute approximate surface area is 174 Å². The Morgan fingerprint density at radius 3 is 2.67 bits per heavy atom. The van der Waals surface area contributed by atoms with Crippen LogP contribution in [0.25, 0.3) is 0 Å². The van der Waals surface area contributed by atoms with Crippen molar-refractivity contribution in [2.75, 3.05) is 25.1 Å². The van der Waals surface area contributed by atoms with Gasteiger partial charge in [0.2, 0.25) is 0 Å². The molecular formula is C22H25N5O3. The van der Waals surface area contributed by atoms with E-state index in [1.165, 1.54) is 0 Å². The molecule has 156 valence electrons. The Balaban J connectivity index is 1.32. The van der Waals surface area contributed by atoms with Crippen molar-refractivity contribution in [1.29, 1.82) is 0 Å². The number of piperidine rings is 1. The third-order valence-corrected chi connectivity index (χ3v) is 6.11. The predicted octanol–water partition coefficient (Wildman–Crippen LogP) is 2.69.